The Bertz CT molecular complexity index is 1360. The number of nitrogens with one attached hydrogen (secondary N) is 1. The molecule has 1 N–H and O–H groups in total. The van der Waals surface area contributed by atoms with Crippen molar-refractivity contribution in [3.63, 3.8) is 0 Å². The molecule has 1 aliphatic rings. The molecule has 7 nitrogen and oxygen atoms in total. The Morgan fingerprint density at radius 3 is 2.51 bits per heavy atom. The summed E-state index contributed by atoms with van der Waals surface area (Å²) in [5.41, 5.74) is 6.20. The van der Waals surface area contributed by atoms with E-state index in [0.29, 0.717) is 12.5 Å². The van der Waals surface area contributed by atoms with Crippen molar-refractivity contribution < 1.29 is 4.79 Å². The first-order chi connectivity index (χ1) is 16.6. The molecule has 0 saturated carbocycles. The monoisotopic (exact) mass is 473 g/mol. The number of benzene rings is 1. The van der Waals surface area contributed by atoms with Gasteiger partial charge in [-0.3, -0.25) is 14.5 Å². The fourth-order valence-corrected chi connectivity index (χ4v) is 5.21. The quantitative estimate of drug-likeness (QED) is 0.604. The average molecular weight is 474 g/mol. The van der Waals surface area contributed by atoms with E-state index in [1.54, 1.807) is 36.7 Å². The molecule has 3 heterocycles. The van der Waals surface area contributed by atoms with Gasteiger partial charge in [-0.05, 0) is 74.0 Å². The summed E-state index contributed by atoms with van der Waals surface area (Å²) in [6.45, 7) is 8.62. The third-order valence-electron chi connectivity index (χ3n) is 7.46. The number of hydrogen-bond donors (Lipinski definition) is 1. The predicted molar refractivity (Wildman–Crippen MR) is 140 cm³/mol. The maximum Gasteiger partial charge on any atom is 0.268 e. The lowest BCUT2D eigenvalue weighted by Gasteiger charge is -2.32. The van der Waals surface area contributed by atoms with Crippen molar-refractivity contribution in [3.8, 4) is 17.3 Å². The van der Waals surface area contributed by atoms with Crippen LogP contribution >= 0.6 is 0 Å². The largest absolute Gasteiger partial charge is 0.354 e. The molecular weight excluding hydrogens is 438 g/mol. The van der Waals surface area contributed by atoms with Gasteiger partial charge in [-0.15, -0.1) is 0 Å². The molecule has 0 bridgehead atoms. The van der Waals surface area contributed by atoms with Gasteiger partial charge in [0.2, 0.25) is 5.91 Å². The van der Waals surface area contributed by atoms with E-state index in [1.807, 2.05) is 6.92 Å². The molecule has 1 aromatic carbocycles. The standard InChI is InChI=1S/C28H35N5O2/c1-17(2)26-23-13-20(19-9-11-33(12-10-19)16-25(34)31(4)5)7-8-24(23)30-27(26)22-14-21(15-29)28(35)32(6)18(22)3/h7-8,13-14,17,19,30H,9-12,16H2,1-6H3. The molecule has 0 aliphatic carbocycles. The smallest absolute Gasteiger partial charge is 0.268 e. The van der Waals surface area contributed by atoms with Crippen LogP contribution in [-0.2, 0) is 11.8 Å². The van der Waals surface area contributed by atoms with Gasteiger partial charge >= 0.3 is 0 Å². The van der Waals surface area contributed by atoms with Crippen molar-refractivity contribution in [1.29, 1.82) is 5.26 Å². The van der Waals surface area contributed by atoms with Gasteiger partial charge in [0, 0.05) is 43.3 Å². The molecule has 1 aliphatic heterocycles. The summed E-state index contributed by atoms with van der Waals surface area (Å²) in [6, 6.07) is 10.5. The van der Waals surface area contributed by atoms with E-state index in [4.69, 9.17) is 0 Å². The molecule has 2 aromatic heterocycles. The topological polar surface area (TPSA) is 85.1 Å². The molecule has 0 unspecified atom stereocenters. The van der Waals surface area contributed by atoms with Gasteiger partial charge in [-0.1, -0.05) is 19.9 Å². The van der Waals surface area contributed by atoms with E-state index >= 15 is 0 Å². The molecule has 0 spiro atoms. The highest BCUT2D eigenvalue weighted by molar-refractivity contribution is 5.92. The second-order valence-electron chi connectivity index (χ2n) is 10.2. The molecule has 35 heavy (non-hydrogen) atoms. The van der Waals surface area contributed by atoms with E-state index < -0.39 is 0 Å². The lowest BCUT2D eigenvalue weighted by atomic mass is 9.87. The van der Waals surface area contributed by atoms with Crippen LogP contribution < -0.4 is 5.56 Å². The average Bonchev–Trinajstić information content (AvgIpc) is 3.22. The second kappa shape index (κ2) is 9.71. The van der Waals surface area contributed by atoms with Crippen LogP contribution in [0, 0.1) is 18.3 Å². The summed E-state index contributed by atoms with van der Waals surface area (Å²) in [4.78, 5) is 32.0. The predicted octanol–water partition coefficient (Wildman–Crippen LogP) is 4.10. The number of rotatable bonds is 5. The van der Waals surface area contributed by atoms with Gasteiger partial charge in [0.15, 0.2) is 0 Å². The number of aromatic nitrogens is 2. The minimum Gasteiger partial charge on any atom is -0.354 e. The summed E-state index contributed by atoms with van der Waals surface area (Å²) >= 11 is 0. The number of nitrogens with zero attached hydrogens (tertiary/aromatic N) is 4. The highest BCUT2D eigenvalue weighted by Crippen LogP contribution is 2.39. The normalized spacial score (nSPS) is 15.0. The van der Waals surface area contributed by atoms with Crippen LogP contribution in [0.2, 0.25) is 0 Å². The van der Waals surface area contributed by atoms with Crippen LogP contribution in [0.15, 0.2) is 29.1 Å². The number of aromatic amines is 1. The van der Waals surface area contributed by atoms with Gasteiger partial charge in [0.25, 0.3) is 5.56 Å². The van der Waals surface area contributed by atoms with Crippen molar-refractivity contribution in [1.82, 2.24) is 19.4 Å². The summed E-state index contributed by atoms with van der Waals surface area (Å²) in [6.07, 6.45) is 2.07. The Labute approximate surface area is 207 Å². The Morgan fingerprint density at radius 2 is 1.91 bits per heavy atom. The van der Waals surface area contributed by atoms with Crippen molar-refractivity contribution in [2.24, 2.45) is 7.05 Å². The second-order valence-corrected chi connectivity index (χ2v) is 10.2. The SMILES string of the molecule is Cc1c(-c2[nH]c3ccc(C4CCN(CC(=O)N(C)C)CC4)cc3c2C(C)C)cc(C#N)c(=O)n1C. The Hall–Kier alpha value is -3.37. The van der Waals surface area contributed by atoms with E-state index in [0.717, 1.165) is 48.4 Å². The van der Waals surface area contributed by atoms with Crippen LogP contribution in [0.1, 0.15) is 60.9 Å². The van der Waals surface area contributed by atoms with Gasteiger partial charge in [-0.2, -0.15) is 5.26 Å². The van der Waals surface area contributed by atoms with Crippen molar-refractivity contribution >= 4 is 16.8 Å². The minimum atomic E-state index is -0.267. The number of nitriles is 1. The van der Waals surface area contributed by atoms with Crippen LogP contribution in [0.25, 0.3) is 22.2 Å². The number of amides is 1. The van der Waals surface area contributed by atoms with Crippen LogP contribution in [0.4, 0.5) is 0 Å². The third-order valence-corrected chi connectivity index (χ3v) is 7.46. The first-order valence-corrected chi connectivity index (χ1v) is 12.3. The lowest BCUT2D eigenvalue weighted by molar-refractivity contribution is -0.130. The number of carbonyl (C=O) groups is 1. The maximum absolute atomic E-state index is 12.4. The van der Waals surface area contributed by atoms with Crippen LogP contribution in [0.5, 0.6) is 0 Å². The number of likely N-dealkylation sites (tertiary alicyclic amines) is 1. The first-order valence-electron chi connectivity index (χ1n) is 12.3. The molecule has 184 valence electrons. The molecular formula is C28H35N5O2. The summed E-state index contributed by atoms with van der Waals surface area (Å²) < 4.78 is 1.56. The molecule has 4 rings (SSSR count). The van der Waals surface area contributed by atoms with Crippen molar-refractivity contribution in [2.75, 3.05) is 33.7 Å². The van der Waals surface area contributed by atoms with Crippen LogP contribution in [0.3, 0.4) is 0 Å². The fraction of sp³-hybridized carbons (Fsp3) is 0.464. The van der Waals surface area contributed by atoms with Gasteiger partial charge in [-0.25, -0.2) is 0 Å². The molecule has 3 aromatic rings. The molecule has 0 radical (unpaired) electrons. The highest BCUT2D eigenvalue weighted by atomic mass is 16.2. The van der Waals surface area contributed by atoms with Gasteiger partial charge in [0.05, 0.1) is 12.2 Å². The Balaban J connectivity index is 1.70. The summed E-state index contributed by atoms with van der Waals surface area (Å²) in [7, 11) is 5.33. The van der Waals surface area contributed by atoms with Crippen molar-refractivity contribution in [3.05, 3.63) is 57.0 Å². The number of piperidine rings is 1. The minimum absolute atomic E-state index is 0.152. The fourth-order valence-electron chi connectivity index (χ4n) is 5.21. The number of hydrogen-bond acceptors (Lipinski definition) is 4. The molecule has 0 atom stereocenters. The molecule has 1 amide bonds. The Kier molecular flexibility index (Phi) is 6.86. The number of likely N-dealkylation sites (N-methyl/N-ethyl adjacent to an activating group) is 1. The molecule has 1 saturated heterocycles. The highest BCUT2D eigenvalue weighted by Gasteiger charge is 2.25. The van der Waals surface area contributed by atoms with E-state index in [1.165, 1.54) is 16.5 Å². The van der Waals surface area contributed by atoms with Crippen LogP contribution in [-0.4, -0.2) is 59.0 Å². The zero-order valence-electron chi connectivity index (χ0n) is 21.6. The zero-order chi connectivity index (χ0) is 25.4. The van der Waals surface area contributed by atoms with Gasteiger partial charge in [0.1, 0.15) is 11.6 Å². The van der Waals surface area contributed by atoms with E-state index in [2.05, 4.69) is 48.0 Å². The first kappa shape index (κ1) is 24.7. The molecule has 7 heteroatoms. The van der Waals surface area contributed by atoms with E-state index in [9.17, 15) is 14.9 Å². The Morgan fingerprint density at radius 1 is 1.23 bits per heavy atom. The summed E-state index contributed by atoms with van der Waals surface area (Å²) in [5.74, 6) is 0.877. The lowest BCUT2D eigenvalue weighted by Crippen LogP contribution is -2.40. The van der Waals surface area contributed by atoms with E-state index in [-0.39, 0.29) is 22.9 Å². The number of H-pyrrole nitrogens is 1. The van der Waals surface area contributed by atoms with Gasteiger partial charge < -0.3 is 14.5 Å². The number of pyridine rings is 1. The number of carbonyl (C=O) groups excluding carboxylic acids is 1. The number of fused-ring (bicyclic) bond motifs is 1. The summed E-state index contributed by atoms with van der Waals surface area (Å²) in [5, 5.41) is 10.7. The zero-order valence-corrected chi connectivity index (χ0v) is 21.6. The molecule has 1 fully saturated rings. The third kappa shape index (κ3) is 4.63. The maximum atomic E-state index is 12.4. The van der Waals surface area contributed by atoms with Crippen molar-refractivity contribution in [2.45, 2.75) is 45.4 Å².